The van der Waals surface area contributed by atoms with Gasteiger partial charge in [-0.15, -0.1) is 11.3 Å². The van der Waals surface area contributed by atoms with Crippen molar-refractivity contribution >= 4 is 34.1 Å². The minimum absolute atomic E-state index is 0.0242. The average molecular weight is 465 g/mol. The first-order valence-corrected chi connectivity index (χ1v) is 10.1. The Morgan fingerprint density at radius 3 is 2.53 bits per heavy atom. The van der Waals surface area contributed by atoms with E-state index in [1.807, 2.05) is 0 Å². The molecule has 32 heavy (non-hydrogen) atoms. The summed E-state index contributed by atoms with van der Waals surface area (Å²) in [6.07, 6.45) is -2.24. The van der Waals surface area contributed by atoms with E-state index >= 15 is 8.78 Å². The number of alkyl halides is 3. The molecule has 2 aromatic heterocycles. The number of carbonyl (C=O) groups is 1. The van der Waals surface area contributed by atoms with Gasteiger partial charge in [0.2, 0.25) is 0 Å². The molecule has 1 aliphatic rings. The topological polar surface area (TPSA) is 73.9 Å². The van der Waals surface area contributed by atoms with Crippen molar-refractivity contribution in [1.29, 1.82) is 0 Å². The highest BCUT2D eigenvalue weighted by atomic mass is 32.1. The molecule has 1 unspecified atom stereocenters. The molecular formula is C20H12F5N5OS. The number of hydrogen-bond acceptors (Lipinski definition) is 4. The number of halogens is 5. The highest BCUT2D eigenvalue weighted by Gasteiger charge is 2.38. The van der Waals surface area contributed by atoms with Crippen LogP contribution in [0, 0.1) is 11.6 Å². The highest BCUT2D eigenvalue weighted by molar-refractivity contribution is 7.15. The Labute approximate surface area is 180 Å². The van der Waals surface area contributed by atoms with E-state index in [2.05, 4.69) is 20.3 Å². The number of aromatic amines is 1. The van der Waals surface area contributed by atoms with Gasteiger partial charge in [0.1, 0.15) is 11.6 Å². The first-order valence-electron chi connectivity index (χ1n) is 9.25. The van der Waals surface area contributed by atoms with Crippen LogP contribution in [0.4, 0.5) is 32.4 Å². The minimum Gasteiger partial charge on any atom is -0.345 e. The summed E-state index contributed by atoms with van der Waals surface area (Å²) in [6, 6.07) is 5.29. The Bertz CT molecular complexity index is 1320. The molecule has 0 spiro atoms. The van der Waals surface area contributed by atoms with Crippen molar-refractivity contribution in [1.82, 2.24) is 20.3 Å². The molecule has 2 aromatic carbocycles. The lowest BCUT2D eigenvalue weighted by atomic mass is 10.0. The van der Waals surface area contributed by atoms with Crippen molar-refractivity contribution in [2.45, 2.75) is 12.2 Å². The normalized spacial score (nSPS) is 16.7. The summed E-state index contributed by atoms with van der Waals surface area (Å²) in [7, 11) is 0. The van der Waals surface area contributed by atoms with Crippen LogP contribution in [0.2, 0.25) is 0 Å². The molecule has 0 bridgehead atoms. The summed E-state index contributed by atoms with van der Waals surface area (Å²) < 4.78 is 68.5. The zero-order valence-corrected chi connectivity index (χ0v) is 16.7. The quantitative estimate of drug-likeness (QED) is 0.406. The largest absolute Gasteiger partial charge is 0.443 e. The number of urea groups is 1. The summed E-state index contributed by atoms with van der Waals surface area (Å²) in [5.41, 5.74) is 1.27. The van der Waals surface area contributed by atoms with Gasteiger partial charge in [0.15, 0.2) is 5.01 Å². The number of rotatable bonds is 3. The van der Waals surface area contributed by atoms with Crippen LogP contribution in [0.3, 0.4) is 0 Å². The van der Waals surface area contributed by atoms with E-state index in [-0.39, 0.29) is 22.5 Å². The smallest absolute Gasteiger partial charge is 0.345 e. The van der Waals surface area contributed by atoms with Gasteiger partial charge < -0.3 is 10.3 Å². The lowest BCUT2D eigenvalue weighted by Gasteiger charge is -2.24. The van der Waals surface area contributed by atoms with Gasteiger partial charge in [0, 0.05) is 24.0 Å². The number of aromatic nitrogens is 3. The van der Waals surface area contributed by atoms with Gasteiger partial charge >= 0.3 is 12.2 Å². The second kappa shape index (κ2) is 7.26. The molecule has 1 aliphatic heterocycles. The van der Waals surface area contributed by atoms with Crippen LogP contribution in [0.15, 0.2) is 42.9 Å². The van der Waals surface area contributed by atoms with Crippen LogP contribution < -0.4 is 10.2 Å². The van der Waals surface area contributed by atoms with Crippen LogP contribution in [0.25, 0.3) is 21.5 Å². The highest BCUT2D eigenvalue weighted by Crippen LogP contribution is 2.39. The molecule has 1 saturated heterocycles. The predicted octanol–water partition coefficient (Wildman–Crippen LogP) is 5.25. The molecule has 0 aliphatic carbocycles. The Morgan fingerprint density at radius 1 is 1.09 bits per heavy atom. The lowest BCUT2D eigenvalue weighted by molar-refractivity contribution is -0.137. The van der Waals surface area contributed by atoms with Gasteiger partial charge in [0.25, 0.3) is 0 Å². The summed E-state index contributed by atoms with van der Waals surface area (Å²) in [4.78, 5) is 24.0. The van der Waals surface area contributed by atoms with Gasteiger partial charge in [-0.1, -0.05) is 0 Å². The maximum Gasteiger partial charge on any atom is 0.443 e. The van der Waals surface area contributed by atoms with Gasteiger partial charge in [-0.25, -0.2) is 23.5 Å². The number of H-pyrrole nitrogens is 1. The monoisotopic (exact) mass is 465 g/mol. The summed E-state index contributed by atoms with van der Waals surface area (Å²) in [5, 5.41) is 1.47. The van der Waals surface area contributed by atoms with E-state index in [9.17, 15) is 18.0 Å². The van der Waals surface area contributed by atoms with Crippen LogP contribution >= 0.6 is 11.3 Å². The van der Waals surface area contributed by atoms with E-state index < -0.39 is 34.9 Å². The Kier molecular flexibility index (Phi) is 4.62. The summed E-state index contributed by atoms with van der Waals surface area (Å²) >= 11 is 0.292. The van der Waals surface area contributed by atoms with Gasteiger partial charge in [-0.2, -0.15) is 13.2 Å². The third-order valence-electron chi connectivity index (χ3n) is 5.10. The first-order chi connectivity index (χ1) is 15.2. The SMILES string of the molecule is O=C1NCC(c2c(F)cc(-c3cnc(C(F)(F)F)s3)cc2F)N1c1ccc2nc[nH]c2c1. The molecule has 6 nitrogen and oxygen atoms in total. The standard InChI is InChI=1S/C20H12F5N5OS/c21-11-3-9(16-7-26-18(32-16)20(23,24)25)4-12(22)17(11)15-6-27-19(31)30(15)10-1-2-13-14(5-10)29-8-28-13/h1-5,7-8,15H,6H2,(H,27,31)(H,28,29). The number of fused-ring (bicyclic) bond motifs is 1. The van der Waals surface area contributed by atoms with Crippen LogP contribution in [-0.4, -0.2) is 27.5 Å². The fraction of sp³-hybridized carbons (Fsp3) is 0.150. The molecule has 0 radical (unpaired) electrons. The second-order valence-corrected chi connectivity index (χ2v) is 8.09. The van der Waals surface area contributed by atoms with Gasteiger partial charge in [-0.05, 0) is 35.9 Å². The second-order valence-electron chi connectivity index (χ2n) is 7.06. The minimum atomic E-state index is -4.65. The zero-order valence-electron chi connectivity index (χ0n) is 15.9. The Balaban J connectivity index is 1.53. The number of anilines is 1. The van der Waals surface area contributed by atoms with Crippen molar-refractivity contribution in [2.75, 3.05) is 11.4 Å². The molecule has 5 rings (SSSR count). The fourth-order valence-electron chi connectivity index (χ4n) is 3.69. The zero-order chi connectivity index (χ0) is 22.6. The van der Waals surface area contributed by atoms with Crippen molar-refractivity contribution in [3.63, 3.8) is 0 Å². The van der Waals surface area contributed by atoms with Crippen LogP contribution in [0.5, 0.6) is 0 Å². The number of nitrogens with zero attached hydrogens (tertiary/aromatic N) is 3. The number of carbonyl (C=O) groups excluding carboxylic acids is 1. The lowest BCUT2D eigenvalue weighted by Crippen LogP contribution is -2.30. The number of amides is 2. The predicted molar refractivity (Wildman–Crippen MR) is 107 cm³/mol. The van der Waals surface area contributed by atoms with Crippen molar-refractivity contribution < 1.29 is 26.7 Å². The van der Waals surface area contributed by atoms with Crippen molar-refractivity contribution in [3.05, 3.63) is 65.1 Å². The van der Waals surface area contributed by atoms with E-state index in [1.165, 1.54) is 11.2 Å². The molecule has 1 fully saturated rings. The van der Waals surface area contributed by atoms with Crippen molar-refractivity contribution in [2.24, 2.45) is 0 Å². The number of hydrogen-bond donors (Lipinski definition) is 2. The third kappa shape index (κ3) is 3.36. The summed E-state index contributed by atoms with van der Waals surface area (Å²) in [5.74, 6) is -1.95. The van der Waals surface area contributed by atoms with E-state index in [4.69, 9.17) is 0 Å². The van der Waals surface area contributed by atoms with E-state index in [0.29, 0.717) is 28.1 Å². The Morgan fingerprint density at radius 2 is 1.84 bits per heavy atom. The molecule has 2 amide bonds. The molecule has 1 atom stereocenters. The maximum atomic E-state index is 15.0. The third-order valence-corrected chi connectivity index (χ3v) is 6.20. The molecule has 164 valence electrons. The molecule has 3 heterocycles. The van der Waals surface area contributed by atoms with Gasteiger partial charge in [0.05, 0.1) is 28.3 Å². The molecule has 12 heteroatoms. The van der Waals surface area contributed by atoms with Crippen molar-refractivity contribution in [3.8, 4) is 10.4 Å². The summed E-state index contributed by atoms with van der Waals surface area (Å²) in [6.45, 7) is -0.0498. The Hall–Kier alpha value is -3.54. The molecule has 4 aromatic rings. The maximum absolute atomic E-state index is 15.0. The molecule has 2 N–H and O–H groups in total. The number of benzene rings is 2. The molecule has 0 saturated carbocycles. The number of imidazole rings is 1. The van der Waals surface area contributed by atoms with Crippen LogP contribution in [0.1, 0.15) is 16.6 Å². The first kappa shape index (κ1) is 20.4. The number of nitrogens with one attached hydrogen (secondary N) is 2. The van der Waals surface area contributed by atoms with E-state index in [0.717, 1.165) is 18.3 Å². The van der Waals surface area contributed by atoms with Crippen LogP contribution in [-0.2, 0) is 6.18 Å². The molecular weight excluding hydrogens is 453 g/mol. The number of thiazole rings is 1. The van der Waals surface area contributed by atoms with Gasteiger partial charge in [-0.3, -0.25) is 4.90 Å². The fourth-order valence-corrected chi connectivity index (χ4v) is 4.46. The van der Waals surface area contributed by atoms with E-state index in [1.54, 1.807) is 18.2 Å². The average Bonchev–Trinajstić information content (AvgIpc) is 3.46.